The third kappa shape index (κ3) is 5.93. The molecule has 0 saturated carbocycles. The van der Waals surface area contributed by atoms with E-state index in [4.69, 9.17) is 32.4 Å². The lowest BCUT2D eigenvalue weighted by atomic mass is 10.00. The monoisotopic (exact) mass is 582 g/mol. The average Bonchev–Trinajstić information content (AvgIpc) is 3.39. The molecule has 0 aliphatic carbocycles. The van der Waals surface area contributed by atoms with Crippen molar-refractivity contribution in [2.75, 3.05) is 18.9 Å². The SMILES string of the molecule is [B-][P@@](=O)(OC[C@H]1O[C@@H](n2cnc3c(N)ncnc32)[C@@H](O)C1O)OP(=O)([O-])O[C@@H]1OC(CO)[C@@H](O)[C@H](O)C1O. The van der Waals surface area contributed by atoms with Gasteiger partial charge in [0.1, 0.15) is 54.6 Å². The summed E-state index contributed by atoms with van der Waals surface area (Å²) in [4.78, 5) is 24.0. The number of aliphatic hydroxyl groups is 6. The number of imidazole rings is 1. The minimum absolute atomic E-state index is 0.0517. The molecule has 2 saturated heterocycles. The van der Waals surface area contributed by atoms with E-state index in [9.17, 15) is 39.6 Å². The lowest BCUT2D eigenvalue weighted by Gasteiger charge is -2.42. The summed E-state index contributed by atoms with van der Waals surface area (Å²) in [6.45, 7) is -1.72. The lowest BCUT2D eigenvalue weighted by Crippen LogP contribution is -2.59. The molecule has 22 heteroatoms. The zero-order chi connectivity index (χ0) is 28.0. The highest BCUT2D eigenvalue weighted by Crippen LogP contribution is 2.59. The molecule has 4 unspecified atom stereocenters. The number of hydrogen-bond donors (Lipinski definition) is 7. The smallest absolute Gasteiger partial charge is 0.274 e. The molecule has 211 valence electrons. The Labute approximate surface area is 214 Å². The van der Waals surface area contributed by atoms with Crippen LogP contribution < -0.4 is 10.6 Å². The number of aliphatic hydroxyl groups excluding tert-OH is 6. The van der Waals surface area contributed by atoms with E-state index in [0.29, 0.717) is 0 Å². The highest BCUT2D eigenvalue weighted by Gasteiger charge is 2.46. The Hall–Kier alpha value is -1.61. The number of anilines is 1. The molecular formula is C16H23BN5O14P2-2. The topological polar surface area (TPSA) is 294 Å². The number of nitrogen functional groups attached to an aromatic ring is 1. The predicted molar refractivity (Wildman–Crippen MR) is 119 cm³/mol. The van der Waals surface area contributed by atoms with Crippen LogP contribution in [0.15, 0.2) is 12.7 Å². The Morgan fingerprint density at radius 3 is 2.39 bits per heavy atom. The van der Waals surface area contributed by atoms with Crippen molar-refractivity contribution >= 4 is 39.8 Å². The maximum Gasteiger partial charge on any atom is 0.274 e. The maximum absolute atomic E-state index is 12.5. The highest BCUT2D eigenvalue weighted by atomic mass is 31.3. The van der Waals surface area contributed by atoms with Crippen molar-refractivity contribution in [1.29, 1.82) is 0 Å². The number of phosphoric ester groups is 1. The van der Waals surface area contributed by atoms with E-state index in [2.05, 4.69) is 23.8 Å². The lowest BCUT2D eigenvalue weighted by molar-refractivity contribution is -0.301. The Kier molecular flexibility index (Phi) is 8.59. The number of nitrogens with zero attached hydrogens (tertiary/aromatic N) is 4. The standard InChI is InChI=1S/C16H24BN5O14P2/c17-37(29,36-38(30,31)35-16-12(28)10(26)8(24)5(1-23)34-16)32-2-6-9(25)11(27)15(33-6)22-4-21-7-13(18)19-3-20-14(7)22/h3-6,8-12,15-16,23-28H,1-2H2,(H,30,31)(H2,18,19,20)/q-1/p-1/t5?,6-,8-,9?,10+,11+,12?,15-,16+,37-/m1/s1. The largest absolute Gasteiger partial charge is 0.756 e. The third-order valence-corrected chi connectivity index (χ3v) is 8.40. The van der Waals surface area contributed by atoms with Gasteiger partial charge in [0.2, 0.25) is 0 Å². The summed E-state index contributed by atoms with van der Waals surface area (Å²) in [6.07, 6.45) is -13.1. The van der Waals surface area contributed by atoms with Gasteiger partial charge in [0, 0.05) is 0 Å². The van der Waals surface area contributed by atoms with E-state index in [-0.39, 0.29) is 17.0 Å². The number of fused-ring (bicyclic) bond motifs is 1. The second-order valence-corrected chi connectivity index (χ2v) is 11.4. The zero-order valence-electron chi connectivity index (χ0n) is 19.1. The highest BCUT2D eigenvalue weighted by molar-refractivity contribution is 7.83. The molecule has 0 amide bonds. The van der Waals surface area contributed by atoms with Crippen molar-refractivity contribution in [2.45, 2.75) is 55.2 Å². The predicted octanol–water partition coefficient (Wildman–Crippen LogP) is -4.38. The summed E-state index contributed by atoms with van der Waals surface area (Å²) in [7, 11) is -5.39. The Bertz CT molecular complexity index is 1240. The van der Waals surface area contributed by atoms with Gasteiger partial charge in [-0.1, -0.05) is 0 Å². The van der Waals surface area contributed by atoms with Crippen LogP contribution >= 0.6 is 15.3 Å². The first-order valence-electron chi connectivity index (χ1n) is 10.7. The van der Waals surface area contributed by atoms with Crippen LogP contribution in [0.3, 0.4) is 0 Å². The maximum atomic E-state index is 12.5. The number of nitrogens with two attached hydrogens (primary N) is 1. The second-order valence-electron chi connectivity index (χ2n) is 8.30. The van der Waals surface area contributed by atoms with Crippen molar-refractivity contribution in [1.82, 2.24) is 19.5 Å². The molecule has 2 aliphatic heterocycles. The average molecular weight is 582 g/mol. The Morgan fingerprint density at radius 1 is 1.03 bits per heavy atom. The fourth-order valence-electron chi connectivity index (χ4n) is 3.79. The zero-order valence-corrected chi connectivity index (χ0v) is 20.8. The molecule has 8 N–H and O–H groups in total. The molecule has 3 radical (unpaired) electrons. The third-order valence-electron chi connectivity index (χ3n) is 5.71. The van der Waals surface area contributed by atoms with Crippen LogP contribution in [0.1, 0.15) is 6.23 Å². The van der Waals surface area contributed by atoms with Gasteiger partial charge in [-0.15, -0.1) is 0 Å². The molecular weight excluding hydrogens is 559 g/mol. The van der Waals surface area contributed by atoms with Crippen LogP contribution in [0.5, 0.6) is 0 Å². The summed E-state index contributed by atoms with van der Waals surface area (Å²) in [5.41, 5.74) is 6.09. The quantitative estimate of drug-likeness (QED) is 0.108. The van der Waals surface area contributed by atoms with Crippen LogP contribution in [-0.4, -0.2) is 120 Å². The molecule has 2 fully saturated rings. The molecule has 11 atom stereocenters. The first kappa shape index (κ1) is 29.4. The number of aromatic nitrogens is 4. The Balaban J connectivity index is 1.38. The van der Waals surface area contributed by atoms with Gasteiger partial charge in [0.05, 0.1) is 27.0 Å². The molecule has 4 rings (SSSR count). The van der Waals surface area contributed by atoms with Crippen LogP contribution in [0, 0.1) is 0 Å². The van der Waals surface area contributed by atoms with Gasteiger partial charge in [-0.2, -0.15) is 0 Å². The number of phosphoric acid groups is 1. The van der Waals surface area contributed by atoms with Crippen molar-refractivity contribution in [3.05, 3.63) is 12.7 Å². The van der Waals surface area contributed by atoms with Gasteiger partial charge < -0.3 is 67.4 Å². The fourth-order valence-corrected chi connectivity index (χ4v) is 6.04. The van der Waals surface area contributed by atoms with Crippen molar-refractivity contribution in [3.63, 3.8) is 0 Å². The molecule has 19 nitrogen and oxygen atoms in total. The van der Waals surface area contributed by atoms with Crippen LogP contribution in [0.2, 0.25) is 0 Å². The molecule has 0 bridgehead atoms. The van der Waals surface area contributed by atoms with E-state index in [0.717, 1.165) is 6.33 Å². The van der Waals surface area contributed by atoms with Crippen molar-refractivity contribution < 1.29 is 67.5 Å². The van der Waals surface area contributed by atoms with Gasteiger partial charge in [-0.05, 0) is 0 Å². The normalized spacial score (nSPS) is 37.2. The fraction of sp³-hybridized carbons (Fsp3) is 0.688. The second kappa shape index (κ2) is 11.1. The molecule has 2 aliphatic rings. The van der Waals surface area contributed by atoms with Crippen molar-refractivity contribution in [3.8, 4) is 0 Å². The number of hydrogen-bond acceptors (Lipinski definition) is 18. The first-order chi connectivity index (χ1) is 17.7. The number of rotatable bonds is 9. The van der Waals surface area contributed by atoms with Crippen LogP contribution in [0.25, 0.3) is 11.2 Å². The summed E-state index contributed by atoms with van der Waals surface area (Å²) < 4.78 is 49.8. The van der Waals surface area contributed by atoms with Gasteiger partial charge in [0.15, 0.2) is 24.0 Å². The van der Waals surface area contributed by atoms with E-state index in [1.165, 1.54) is 10.9 Å². The van der Waals surface area contributed by atoms with Crippen LogP contribution in [-0.2, 0) is 32.0 Å². The minimum Gasteiger partial charge on any atom is -0.756 e. The Morgan fingerprint density at radius 2 is 1.71 bits per heavy atom. The molecule has 0 spiro atoms. The summed E-state index contributed by atoms with van der Waals surface area (Å²) in [5.74, 6) is 0.0517. The molecule has 4 heterocycles. The molecule has 0 aromatic carbocycles. The van der Waals surface area contributed by atoms with E-state index in [1.807, 2.05) is 0 Å². The van der Waals surface area contributed by atoms with E-state index < -0.39 is 83.8 Å². The van der Waals surface area contributed by atoms with Gasteiger partial charge in [-0.25, -0.2) is 15.0 Å². The summed E-state index contributed by atoms with van der Waals surface area (Å²) >= 11 is 0. The number of ether oxygens (including phenoxy) is 2. The molecule has 2 aromatic rings. The van der Waals surface area contributed by atoms with Gasteiger partial charge >= 0.3 is 0 Å². The summed E-state index contributed by atoms with van der Waals surface area (Å²) in [5, 5.41) is 59.3. The molecule has 2 aromatic heterocycles. The first-order valence-corrected chi connectivity index (χ1v) is 13.8. The van der Waals surface area contributed by atoms with Crippen LogP contribution in [0.4, 0.5) is 5.82 Å². The minimum atomic E-state index is -5.69. The van der Waals surface area contributed by atoms with Crippen molar-refractivity contribution in [2.24, 2.45) is 0 Å². The van der Waals surface area contributed by atoms with Gasteiger partial charge in [-0.3, -0.25) is 18.0 Å². The van der Waals surface area contributed by atoms with E-state index in [1.54, 1.807) is 0 Å². The summed E-state index contributed by atoms with van der Waals surface area (Å²) in [6, 6.07) is 0. The van der Waals surface area contributed by atoms with E-state index >= 15 is 0 Å². The van der Waals surface area contributed by atoms with Gasteiger partial charge in [0.25, 0.3) is 7.82 Å². The molecule has 38 heavy (non-hydrogen) atoms.